The summed E-state index contributed by atoms with van der Waals surface area (Å²) in [6, 6.07) is 0. The summed E-state index contributed by atoms with van der Waals surface area (Å²) in [6.45, 7) is 1.23. The first-order valence-electron chi connectivity index (χ1n) is 3.11. The molecule has 0 fully saturated rings. The second-order valence-corrected chi connectivity index (χ2v) is 5.57. The van der Waals surface area contributed by atoms with Gasteiger partial charge in [0.05, 0.1) is 0 Å². The molecule has 1 unspecified atom stereocenters. The minimum absolute atomic E-state index is 0.358. The van der Waals surface area contributed by atoms with Crippen LogP contribution in [0.3, 0.4) is 0 Å². The van der Waals surface area contributed by atoms with Crippen molar-refractivity contribution in [3.05, 3.63) is 0 Å². The van der Waals surface area contributed by atoms with Gasteiger partial charge in [0.25, 0.3) is 0 Å². The summed E-state index contributed by atoms with van der Waals surface area (Å²) in [7, 11) is -10.0. The van der Waals surface area contributed by atoms with Crippen molar-refractivity contribution in [3.8, 4) is 0 Å². The molecule has 12 heavy (non-hydrogen) atoms. The van der Waals surface area contributed by atoms with Crippen LogP contribution in [0, 0.1) is 0 Å². The summed E-state index contributed by atoms with van der Waals surface area (Å²) < 4.78 is 60.6. The van der Waals surface area contributed by atoms with Crippen LogP contribution in [0.15, 0.2) is 0 Å². The Labute approximate surface area is 69.7 Å². The van der Waals surface area contributed by atoms with Gasteiger partial charge < -0.3 is 0 Å². The Morgan fingerprint density at radius 1 is 1.42 bits per heavy atom. The van der Waals surface area contributed by atoms with Crippen molar-refractivity contribution >= 4 is 18.3 Å². The Morgan fingerprint density at radius 3 is 1.92 bits per heavy atom. The van der Waals surface area contributed by atoms with Crippen LogP contribution in [0.4, 0.5) is 12.6 Å². The molecule has 0 aromatic heterocycles. The van der Waals surface area contributed by atoms with E-state index in [9.17, 15) is 21.0 Å². The quantitative estimate of drug-likeness (QED) is 0.544. The molecule has 0 aromatic rings. The van der Waals surface area contributed by atoms with Crippen LogP contribution in [-0.2, 0) is 14.3 Å². The third-order valence-electron chi connectivity index (χ3n) is 1.03. The van der Waals surface area contributed by atoms with E-state index in [0.717, 1.165) is 0 Å². The molecular formula is C4H10F3O3PS. The van der Waals surface area contributed by atoms with E-state index in [4.69, 9.17) is 0 Å². The summed E-state index contributed by atoms with van der Waals surface area (Å²) in [6.07, 6.45) is 0.249. The Morgan fingerprint density at radius 2 is 1.83 bits per heavy atom. The molecule has 0 saturated heterocycles. The van der Waals surface area contributed by atoms with Crippen LogP contribution in [-0.4, -0.2) is 20.5 Å². The van der Waals surface area contributed by atoms with Crippen molar-refractivity contribution in [1.29, 1.82) is 0 Å². The van der Waals surface area contributed by atoms with Gasteiger partial charge in [-0.1, -0.05) is 0 Å². The van der Waals surface area contributed by atoms with E-state index < -0.39 is 24.2 Å². The van der Waals surface area contributed by atoms with Crippen LogP contribution in [0.2, 0.25) is 0 Å². The van der Waals surface area contributed by atoms with Gasteiger partial charge >= 0.3 is 68.9 Å². The topological polar surface area (TPSA) is 43.4 Å². The molecule has 0 saturated carbocycles. The normalized spacial score (nSPS) is 17.4. The first-order valence-corrected chi connectivity index (χ1v) is 6.64. The van der Waals surface area contributed by atoms with Gasteiger partial charge in [0.1, 0.15) is 0 Å². The molecule has 0 aromatic carbocycles. The number of rotatable bonds is 4. The monoisotopic (exact) mass is 226 g/mol. The summed E-state index contributed by atoms with van der Waals surface area (Å²) in [4.78, 5) is 0. The molecule has 8 heteroatoms. The zero-order valence-electron chi connectivity index (χ0n) is 6.55. The summed E-state index contributed by atoms with van der Waals surface area (Å²) >= 11 is 0. The fourth-order valence-electron chi connectivity index (χ4n) is 0.565. The first kappa shape index (κ1) is 12.1. The average Bonchev–Trinajstić information content (AvgIpc) is 1.78. The SMILES string of the molecule is CCC(OS(C)(=O)=O)[PH](F)(F)F. The van der Waals surface area contributed by atoms with Crippen LogP contribution >= 0.6 is 8.19 Å². The minimum atomic E-state index is -6.00. The van der Waals surface area contributed by atoms with Crippen molar-refractivity contribution in [2.75, 3.05) is 6.26 Å². The van der Waals surface area contributed by atoms with Gasteiger partial charge in [-0.25, -0.2) is 0 Å². The van der Waals surface area contributed by atoms with E-state index in [-0.39, 0.29) is 6.42 Å². The summed E-state index contributed by atoms with van der Waals surface area (Å²) in [5, 5.41) is 0. The Bertz CT molecular complexity index is 234. The molecule has 76 valence electrons. The molecule has 1 atom stereocenters. The molecule has 0 spiro atoms. The Hall–Kier alpha value is 0.130. The average molecular weight is 226 g/mol. The van der Waals surface area contributed by atoms with Gasteiger partial charge in [-0.15, -0.1) is 0 Å². The fraction of sp³-hybridized carbons (Fsp3) is 1.00. The molecule has 0 aliphatic rings. The molecule has 0 amide bonds. The van der Waals surface area contributed by atoms with Gasteiger partial charge in [0.2, 0.25) is 0 Å². The van der Waals surface area contributed by atoms with Gasteiger partial charge in [-0.2, -0.15) is 0 Å². The molecule has 0 heterocycles. The molecule has 3 nitrogen and oxygen atoms in total. The third-order valence-corrected chi connectivity index (χ3v) is 3.04. The predicted molar refractivity (Wildman–Crippen MR) is 41.6 cm³/mol. The molecule has 0 aliphatic heterocycles. The van der Waals surface area contributed by atoms with E-state index in [1.165, 1.54) is 6.92 Å². The molecule has 0 aliphatic carbocycles. The first-order chi connectivity index (χ1) is 5.17. The van der Waals surface area contributed by atoms with E-state index >= 15 is 0 Å². The van der Waals surface area contributed by atoms with Crippen LogP contribution in [0.5, 0.6) is 0 Å². The molecule has 0 rings (SSSR count). The van der Waals surface area contributed by atoms with Crippen LogP contribution in [0.25, 0.3) is 0 Å². The Balaban J connectivity index is 4.41. The van der Waals surface area contributed by atoms with Crippen LogP contribution in [0.1, 0.15) is 13.3 Å². The second kappa shape index (κ2) is 3.89. The molecule has 0 N–H and O–H groups in total. The van der Waals surface area contributed by atoms with E-state index in [0.29, 0.717) is 6.26 Å². The van der Waals surface area contributed by atoms with Crippen molar-refractivity contribution in [2.24, 2.45) is 0 Å². The standard InChI is InChI=1S/C4H10F3O3PS/c1-3-4(11(5,6)7)10-12(2,8)9/h4,11H,3H2,1-2H3. The molecule has 0 radical (unpaired) electrons. The van der Waals surface area contributed by atoms with Crippen molar-refractivity contribution in [3.63, 3.8) is 0 Å². The van der Waals surface area contributed by atoms with Gasteiger partial charge in [-0.3, -0.25) is 0 Å². The summed E-state index contributed by atoms with van der Waals surface area (Å²) in [5.74, 6) is -2.09. The molecule has 0 bridgehead atoms. The second-order valence-electron chi connectivity index (χ2n) is 2.24. The van der Waals surface area contributed by atoms with E-state index in [2.05, 4.69) is 4.18 Å². The van der Waals surface area contributed by atoms with Gasteiger partial charge in [0.15, 0.2) is 0 Å². The van der Waals surface area contributed by atoms with E-state index in [1.807, 2.05) is 0 Å². The maximum absolute atomic E-state index is 12.0. The summed E-state index contributed by atoms with van der Waals surface area (Å²) in [5.41, 5.74) is 0. The molecular weight excluding hydrogens is 216 g/mol. The van der Waals surface area contributed by atoms with Gasteiger partial charge in [0, 0.05) is 0 Å². The predicted octanol–water partition coefficient (Wildman–Crippen LogP) is 2.10. The van der Waals surface area contributed by atoms with Gasteiger partial charge in [-0.05, 0) is 0 Å². The zero-order chi connectivity index (χ0) is 9.99. The third kappa shape index (κ3) is 4.90. The maximum atomic E-state index is 12.0. The number of hydrogen-bond donors (Lipinski definition) is 0. The Kier molecular flexibility index (Phi) is 3.93. The van der Waals surface area contributed by atoms with Crippen molar-refractivity contribution in [1.82, 2.24) is 0 Å². The van der Waals surface area contributed by atoms with Crippen molar-refractivity contribution in [2.45, 2.75) is 19.2 Å². The number of hydrogen-bond acceptors (Lipinski definition) is 3. The van der Waals surface area contributed by atoms with Crippen molar-refractivity contribution < 1.29 is 25.2 Å². The fourth-order valence-corrected chi connectivity index (χ4v) is 2.55. The van der Waals surface area contributed by atoms with E-state index in [1.54, 1.807) is 0 Å². The van der Waals surface area contributed by atoms with Crippen LogP contribution < -0.4 is 0 Å². The number of halogens is 3. The zero-order valence-corrected chi connectivity index (χ0v) is 8.37.